The summed E-state index contributed by atoms with van der Waals surface area (Å²) in [5.74, 6) is -3.78. The highest BCUT2D eigenvalue weighted by Gasteiger charge is 2.51. The smallest absolute Gasteiger partial charge is 0.471 e. The van der Waals surface area contributed by atoms with Crippen LogP contribution in [0.15, 0.2) is 16.7 Å². The van der Waals surface area contributed by atoms with E-state index in [4.69, 9.17) is 4.74 Å². The van der Waals surface area contributed by atoms with E-state index in [0.29, 0.717) is 13.1 Å². The molecule has 2 aliphatic rings. The quantitative estimate of drug-likeness (QED) is 0.604. The molecule has 1 aromatic carbocycles. The number of hydrogen-bond donors (Lipinski definition) is 0. The summed E-state index contributed by atoms with van der Waals surface area (Å²) in [5, 5.41) is 3.24. The van der Waals surface area contributed by atoms with Gasteiger partial charge in [0.05, 0.1) is 12.6 Å². The van der Waals surface area contributed by atoms with Gasteiger partial charge in [-0.15, -0.1) is 0 Å². The van der Waals surface area contributed by atoms with Crippen LogP contribution in [0, 0.1) is 11.2 Å². The van der Waals surface area contributed by atoms with Gasteiger partial charge in [0, 0.05) is 11.1 Å². The van der Waals surface area contributed by atoms with E-state index in [1.807, 2.05) is 4.90 Å². The molecule has 186 valence electrons. The molecular weight excluding hydrogens is 470 g/mol. The van der Waals surface area contributed by atoms with Gasteiger partial charge in [-0.1, -0.05) is 5.16 Å². The van der Waals surface area contributed by atoms with Crippen molar-refractivity contribution in [3.8, 4) is 17.1 Å². The number of likely N-dealkylation sites (tertiary alicyclic amines) is 1. The van der Waals surface area contributed by atoms with Crippen LogP contribution < -0.4 is 4.74 Å². The molecule has 2 aliphatic heterocycles. The molecule has 2 aromatic rings. The topological polar surface area (TPSA) is 71.7 Å². The number of fused-ring (bicyclic) bond motifs is 1. The fourth-order valence-corrected chi connectivity index (χ4v) is 4.21. The van der Waals surface area contributed by atoms with Gasteiger partial charge < -0.3 is 19.1 Å². The van der Waals surface area contributed by atoms with Crippen LogP contribution in [-0.2, 0) is 17.5 Å². The molecule has 0 unspecified atom stereocenters. The van der Waals surface area contributed by atoms with Crippen LogP contribution in [0.25, 0.3) is 11.4 Å². The van der Waals surface area contributed by atoms with E-state index in [2.05, 4.69) is 14.7 Å². The zero-order chi connectivity index (χ0) is 24.8. The van der Waals surface area contributed by atoms with E-state index in [1.54, 1.807) is 14.0 Å². The molecule has 0 N–H and O–H groups in total. The van der Waals surface area contributed by atoms with E-state index in [1.165, 1.54) is 11.0 Å². The van der Waals surface area contributed by atoms with Crippen molar-refractivity contribution in [2.75, 3.05) is 26.7 Å². The Morgan fingerprint density at radius 3 is 2.50 bits per heavy atom. The number of alkyl halides is 5. The Labute approximate surface area is 190 Å². The number of nitrogens with zero attached hydrogens (tertiary/aromatic N) is 4. The van der Waals surface area contributed by atoms with Gasteiger partial charge in [0.25, 0.3) is 6.43 Å². The van der Waals surface area contributed by atoms with Crippen LogP contribution in [0.3, 0.4) is 0 Å². The molecule has 34 heavy (non-hydrogen) atoms. The summed E-state index contributed by atoms with van der Waals surface area (Å²) in [6.07, 6.45) is -7.82. The lowest BCUT2D eigenvalue weighted by atomic mass is 9.77. The van der Waals surface area contributed by atoms with Crippen LogP contribution in [0.5, 0.6) is 5.75 Å². The van der Waals surface area contributed by atoms with Crippen LogP contribution in [0.1, 0.15) is 31.2 Å². The maximum atomic E-state index is 15.1. The van der Waals surface area contributed by atoms with E-state index in [-0.39, 0.29) is 42.9 Å². The molecule has 1 amide bonds. The maximum absolute atomic E-state index is 15.1. The molecule has 0 spiro atoms. The molecule has 0 saturated carbocycles. The lowest BCUT2D eigenvalue weighted by molar-refractivity contribution is -0.161. The molecule has 1 atom stereocenters. The van der Waals surface area contributed by atoms with Crippen LogP contribution in [0.4, 0.5) is 26.3 Å². The Kier molecular flexibility index (Phi) is 6.25. The number of benzene rings is 1. The summed E-state index contributed by atoms with van der Waals surface area (Å²) >= 11 is 0. The second-order valence-corrected chi connectivity index (χ2v) is 8.71. The highest BCUT2D eigenvalue weighted by Crippen LogP contribution is 2.42. The van der Waals surface area contributed by atoms with Crippen LogP contribution in [0.2, 0.25) is 0 Å². The fourth-order valence-electron chi connectivity index (χ4n) is 4.21. The zero-order valence-electron chi connectivity index (χ0n) is 18.3. The minimum Gasteiger partial charge on any atom is -0.491 e. The molecule has 0 radical (unpaired) electrons. The largest absolute Gasteiger partial charge is 0.491 e. The third-order valence-electron chi connectivity index (χ3n) is 6.41. The second-order valence-electron chi connectivity index (χ2n) is 8.71. The first-order valence-corrected chi connectivity index (χ1v) is 10.6. The standard InChI is InChI=1S/C21H22F6N4O3/c1-11-10-33-15-8-12(16-28-18(34-29-16)21(25,26)27)7-14(22)13(15)9-31(11)19(32)20(17(23)24)3-5-30(2)6-4-20/h7-8,11,17H,3-6,9-10H2,1-2H3/t11-/m0/s1. The van der Waals surface area contributed by atoms with Crippen LogP contribution >= 0.6 is 0 Å². The highest BCUT2D eigenvalue weighted by atomic mass is 19.4. The predicted octanol–water partition coefficient (Wildman–Crippen LogP) is 3.98. The van der Waals surface area contributed by atoms with Gasteiger partial charge >= 0.3 is 12.1 Å². The summed E-state index contributed by atoms with van der Waals surface area (Å²) in [6, 6.07) is 1.48. The Balaban J connectivity index is 1.65. The molecule has 4 rings (SSSR count). The number of amides is 1. The lowest BCUT2D eigenvalue weighted by Crippen LogP contribution is -2.55. The monoisotopic (exact) mass is 492 g/mol. The van der Waals surface area contributed by atoms with Gasteiger partial charge in [0.2, 0.25) is 11.7 Å². The molecule has 13 heteroatoms. The summed E-state index contributed by atoms with van der Waals surface area (Å²) in [6.45, 7) is 1.81. The third kappa shape index (κ3) is 4.32. The minimum absolute atomic E-state index is 0.0300. The Hall–Kier alpha value is -2.83. The first-order chi connectivity index (χ1) is 15.9. The van der Waals surface area contributed by atoms with Crippen molar-refractivity contribution in [1.82, 2.24) is 19.9 Å². The molecule has 0 aliphatic carbocycles. The highest BCUT2D eigenvalue weighted by molar-refractivity contribution is 5.84. The average Bonchev–Trinajstić information content (AvgIpc) is 3.21. The summed E-state index contributed by atoms with van der Waals surface area (Å²) in [7, 11) is 1.78. The number of piperidine rings is 1. The van der Waals surface area contributed by atoms with Crippen molar-refractivity contribution in [3.63, 3.8) is 0 Å². The molecule has 1 saturated heterocycles. The molecule has 0 bridgehead atoms. The van der Waals surface area contributed by atoms with Gasteiger partial charge in [0.1, 0.15) is 23.6 Å². The van der Waals surface area contributed by atoms with Crippen molar-refractivity contribution in [2.24, 2.45) is 5.41 Å². The second kappa shape index (κ2) is 8.75. The number of hydrogen-bond acceptors (Lipinski definition) is 6. The summed E-state index contributed by atoms with van der Waals surface area (Å²) in [4.78, 5) is 19.7. The van der Waals surface area contributed by atoms with E-state index >= 15 is 4.39 Å². The minimum atomic E-state index is -4.86. The van der Waals surface area contributed by atoms with Crippen LogP contribution in [-0.4, -0.2) is 65.1 Å². The molecule has 3 heterocycles. The fraction of sp³-hybridized carbons (Fsp3) is 0.571. The van der Waals surface area contributed by atoms with Gasteiger partial charge in [-0.25, -0.2) is 13.2 Å². The van der Waals surface area contributed by atoms with Gasteiger partial charge in [-0.3, -0.25) is 4.79 Å². The average molecular weight is 492 g/mol. The summed E-state index contributed by atoms with van der Waals surface area (Å²) in [5.41, 5.74) is -2.07. The molecular formula is C21H22F6N4O3. The van der Waals surface area contributed by atoms with Crippen molar-refractivity contribution in [1.29, 1.82) is 0 Å². The zero-order valence-corrected chi connectivity index (χ0v) is 18.3. The predicted molar refractivity (Wildman–Crippen MR) is 105 cm³/mol. The third-order valence-corrected chi connectivity index (χ3v) is 6.41. The molecule has 7 nitrogen and oxygen atoms in total. The van der Waals surface area contributed by atoms with Crippen molar-refractivity contribution in [3.05, 3.63) is 29.4 Å². The van der Waals surface area contributed by atoms with Crippen molar-refractivity contribution >= 4 is 5.91 Å². The molecule has 1 aromatic heterocycles. The van der Waals surface area contributed by atoms with Crippen molar-refractivity contribution in [2.45, 2.75) is 45.0 Å². The lowest BCUT2D eigenvalue weighted by Gasteiger charge is -2.42. The van der Waals surface area contributed by atoms with Gasteiger partial charge in [0.15, 0.2) is 0 Å². The van der Waals surface area contributed by atoms with E-state index in [9.17, 15) is 26.7 Å². The van der Waals surface area contributed by atoms with E-state index in [0.717, 1.165) is 6.07 Å². The Morgan fingerprint density at radius 2 is 1.91 bits per heavy atom. The number of halogens is 6. The number of carbonyl (C=O) groups is 1. The number of rotatable bonds is 3. The summed E-state index contributed by atoms with van der Waals surface area (Å²) < 4.78 is 91.5. The normalized spacial score (nSPS) is 21.2. The Bertz CT molecular complexity index is 1070. The maximum Gasteiger partial charge on any atom is 0.471 e. The van der Waals surface area contributed by atoms with Gasteiger partial charge in [-0.2, -0.15) is 18.2 Å². The molecule has 1 fully saturated rings. The first-order valence-electron chi connectivity index (χ1n) is 10.6. The number of carbonyl (C=O) groups excluding carboxylic acids is 1. The SMILES string of the molecule is C[C@H]1COc2cc(-c3noc(C(F)(F)F)n3)cc(F)c2CN1C(=O)C1(C(F)F)CCN(C)CC1. The first kappa shape index (κ1) is 24.3. The number of aromatic nitrogens is 2. The number of ether oxygens (including phenoxy) is 1. The van der Waals surface area contributed by atoms with Gasteiger partial charge in [-0.05, 0) is 52.0 Å². The van der Waals surface area contributed by atoms with Crippen molar-refractivity contribution < 1.29 is 40.4 Å². The Morgan fingerprint density at radius 1 is 1.24 bits per heavy atom. The van der Waals surface area contributed by atoms with E-state index < -0.39 is 47.5 Å².